The Hall–Kier alpha value is -1.16. The first-order valence-corrected chi connectivity index (χ1v) is 7.10. The summed E-state index contributed by atoms with van der Waals surface area (Å²) in [6.45, 7) is 5.67. The molecule has 4 heteroatoms. The van der Waals surface area contributed by atoms with E-state index in [1.807, 2.05) is 20.8 Å². The van der Waals surface area contributed by atoms with Crippen LogP contribution in [0.5, 0.6) is 5.75 Å². The molecule has 1 aromatic carbocycles. The average molecular weight is 254 g/mol. The van der Waals surface area contributed by atoms with Gasteiger partial charge in [-0.3, -0.25) is 4.79 Å². The average Bonchev–Trinajstić information content (AvgIpc) is 2.36. The van der Waals surface area contributed by atoms with Crippen LogP contribution in [0.4, 0.5) is 4.39 Å². The minimum atomic E-state index is -0.999. The van der Waals surface area contributed by atoms with Gasteiger partial charge in [-0.25, -0.2) is 4.39 Å². The Morgan fingerprint density at radius 1 is 1.41 bits per heavy atom. The Labute approximate surface area is 104 Å². The van der Waals surface area contributed by atoms with Crippen LogP contribution in [-0.2, 0) is 0 Å². The maximum Gasteiger partial charge on any atom is 0.228 e. The molecule has 0 saturated carbocycles. The second-order valence-corrected chi connectivity index (χ2v) is 7.24. The third kappa shape index (κ3) is 3.96. The van der Waals surface area contributed by atoms with Gasteiger partial charge in [0.1, 0.15) is 18.2 Å². The first-order chi connectivity index (χ1) is 7.99. The normalized spacial score (nSPS) is 13.9. The summed E-state index contributed by atoms with van der Waals surface area (Å²) in [6.07, 6.45) is 0.496. The predicted octanol–water partition coefficient (Wildman–Crippen LogP) is 2.91. The van der Waals surface area contributed by atoms with Crippen LogP contribution in [0.1, 0.15) is 37.6 Å². The van der Waals surface area contributed by atoms with Gasteiger partial charge >= 0.3 is 0 Å². The van der Waals surface area contributed by atoms with Crippen LogP contribution in [-0.4, -0.2) is 22.2 Å². The zero-order chi connectivity index (χ0) is 12.9. The van der Waals surface area contributed by atoms with Crippen molar-refractivity contribution in [2.75, 3.05) is 0 Å². The van der Waals surface area contributed by atoms with Crippen LogP contribution in [0.15, 0.2) is 24.3 Å². The van der Waals surface area contributed by atoms with Crippen LogP contribution in [0.25, 0.3) is 0 Å². The number of hydrogen-bond acceptors (Lipinski definition) is 2. The molecule has 17 heavy (non-hydrogen) atoms. The molecule has 0 aliphatic heterocycles. The van der Waals surface area contributed by atoms with E-state index in [4.69, 9.17) is 4.43 Å². The molecule has 0 aliphatic rings. The minimum Gasteiger partial charge on any atom is -0.549 e. The third-order valence-electron chi connectivity index (χ3n) is 2.83. The first kappa shape index (κ1) is 13.9. The summed E-state index contributed by atoms with van der Waals surface area (Å²) in [6, 6.07) is 6.92. The van der Waals surface area contributed by atoms with Gasteiger partial charge in [-0.05, 0) is 30.7 Å². The van der Waals surface area contributed by atoms with Gasteiger partial charge in [-0.1, -0.05) is 20.8 Å². The Morgan fingerprint density at radius 3 is 2.47 bits per heavy atom. The van der Waals surface area contributed by atoms with E-state index in [9.17, 15) is 9.18 Å². The van der Waals surface area contributed by atoms with E-state index in [1.54, 1.807) is 24.3 Å². The van der Waals surface area contributed by atoms with Crippen LogP contribution < -0.4 is 4.43 Å². The molecule has 0 bridgehead atoms. The Morgan fingerprint density at radius 2 is 2.00 bits per heavy atom. The lowest BCUT2D eigenvalue weighted by Crippen LogP contribution is -2.28. The molecular weight excluding hydrogens is 235 g/mol. The maximum atomic E-state index is 13.6. The van der Waals surface area contributed by atoms with Crippen molar-refractivity contribution in [3.05, 3.63) is 29.8 Å². The largest absolute Gasteiger partial charge is 0.549 e. The highest BCUT2D eigenvalue weighted by Gasteiger charge is 2.30. The van der Waals surface area contributed by atoms with Crippen molar-refractivity contribution in [1.29, 1.82) is 0 Å². The van der Waals surface area contributed by atoms with E-state index in [2.05, 4.69) is 0 Å². The fourth-order valence-corrected chi connectivity index (χ4v) is 2.76. The molecule has 0 N–H and O–H groups in total. The molecule has 1 aromatic rings. The molecule has 1 unspecified atom stereocenters. The lowest BCUT2D eigenvalue weighted by molar-refractivity contribution is 0.112. The van der Waals surface area contributed by atoms with Crippen molar-refractivity contribution in [2.45, 2.75) is 38.4 Å². The van der Waals surface area contributed by atoms with E-state index in [0.29, 0.717) is 12.0 Å². The molecule has 0 amide bonds. The van der Waals surface area contributed by atoms with Crippen LogP contribution in [0, 0.1) is 0 Å². The summed E-state index contributed by atoms with van der Waals surface area (Å²) in [7, 11) is -0.999. The van der Waals surface area contributed by atoms with Crippen LogP contribution in [0.2, 0.25) is 5.04 Å². The molecule has 1 rings (SSSR count). The summed E-state index contributed by atoms with van der Waals surface area (Å²) in [4.78, 5) is 10.5. The molecule has 0 aliphatic carbocycles. The van der Waals surface area contributed by atoms with Gasteiger partial charge in [0.05, 0.1) is 0 Å². The summed E-state index contributed by atoms with van der Waals surface area (Å²) in [5.74, 6) is 0.721. The number of halogens is 1. The molecule has 1 atom stereocenters. The van der Waals surface area contributed by atoms with Crippen molar-refractivity contribution < 1.29 is 13.6 Å². The van der Waals surface area contributed by atoms with Crippen LogP contribution in [0.3, 0.4) is 0 Å². The zero-order valence-electron chi connectivity index (χ0n) is 10.6. The molecule has 0 heterocycles. The molecule has 0 radical (unpaired) electrons. The summed E-state index contributed by atoms with van der Waals surface area (Å²) < 4.78 is 19.3. The number of hydrogen-bond donors (Lipinski definition) is 0. The Kier molecular flexibility index (Phi) is 4.87. The quantitative estimate of drug-likeness (QED) is 0.576. The van der Waals surface area contributed by atoms with Gasteiger partial charge in [-0.2, -0.15) is 0 Å². The molecule has 94 valence electrons. The Balaban J connectivity index is 2.57. The van der Waals surface area contributed by atoms with Crippen molar-refractivity contribution in [2.24, 2.45) is 0 Å². The van der Waals surface area contributed by atoms with E-state index < -0.39 is 15.9 Å². The highest BCUT2D eigenvalue weighted by Crippen LogP contribution is 2.32. The fraction of sp³-hybridized carbons (Fsp3) is 0.462. The van der Waals surface area contributed by atoms with Gasteiger partial charge in [0.2, 0.25) is 9.76 Å². The summed E-state index contributed by atoms with van der Waals surface area (Å²) in [5.41, 5.74) is 0.621. The lowest BCUT2D eigenvalue weighted by Gasteiger charge is -2.27. The smallest absolute Gasteiger partial charge is 0.228 e. The maximum absolute atomic E-state index is 13.6. The van der Waals surface area contributed by atoms with E-state index in [0.717, 1.165) is 12.0 Å². The van der Waals surface area contributed by atoms with E-state index >= 15 is 0 Å². The molecule has 2 nitrogen and oxygen atoms in total. The highest BCUT2D eigenvalue weighted by atomic mass is 28.2. The molecule has 0 fully saturated rings. The van der Waals surface area contributed by atoms with Gasteiger partial charge in [-0.15, -0.1) is 0 Å². The summed E-state index contributed by atoms with van der Waals surface area (Å²) >= 11 is 0. The zero-order valence-corrected chi connectivity index (χ0v) is 12.0. The van der Waals surface area contributed by atoms with Gasteiger partial charge in [0, 0.05) is 10.6 Å². The topological polar surface area (TPSA) is 26.3 Å². The molecule has 0 aromatic heterocycles. The number of aldehydes is 1. The number of alkyl halides is 1. The van der Waals surface area contributed by atoms with Gasteiger partial charge < -0.3 is 4.43 Å². The van der Waals surface area contributed by atoms with Gasteiger partial charge in [0.15, 0.2) is 0 Å². The monoisotopic (exact) mass is 254 g/mol. The number of benzene rings is 1. The van der Waals surface area contributed by atoms with Gasteiger partial charge in [0.25, 0.3) is 0 Å². The van der Waals surface area contributed by atoms with Crippen molar-refractivity contribution >= 4 is 16.0 Å². The third-order valence-corrected chi connectivity index (χ3v) is 4.50. The SMILES string of the molecule is CCC(F)C(C)(C)[SiH2]Oc1ccc(C=O)cc1. The second kappa shape index (κ2) is 5.96. The summed E-state index contributed by atoms with van der Waals surface area (Å²) in [5, 5.41) is -0.363. The second-order valence-electron chi connectivity index (χ2n) is 4.84. The number of carbonyl (C=O) groups is 1. The first-order valence-electron chi connectivity index (χ1n) is 5.81. The van der Waals surface area contributed by atoms with E-state index in [-0.39, 0.29) is 5.04 Å². The highest BCUT2D eigenvalue weighted by molar-refractivity contribution is 6.33. The standard InChI is InChI=1S/C13H19FO2Si/c1-4-12(14)13(2,3)17-16-11-7-5-10(9-15)6-8-11/h5-9,12H,4,17H2,1-3H3. The van der Waals surface area contributed by atoms with E-state index in [1.165, 1.54) is 0 Å². The van der Waals surface area contributed by atoms with Crippen molar-refractivity contribution in [1.82, 2.24) is 0 Å². The van der Waals surface area contributed by atoms with Crippen molar-refractivity contribution in [3.8, 4) is 5.75 Å². The lowest BCUT2D eigenvalue weighted by atomic mass is 10.1. The number of rotatable bonds is 6. The molecular formula is C13H19FO2Si. The predicted molar refractivity (Wildman–Crippen MR) is 70.2 cm³/mol. The van der Waals surface area contributed by atoms with Crippen LogP contribution >= 0.6 is 0 Å². The minimum absolute atomic E-state index is 0.363. The fourth-order valence-electron chi connectivity index (χ4n) is 1.55. The van der Waals surface area contributed by atoms with Crippen molar-refractivity contribution in [3.63, 3.8) is 0 Å². The molecule has 0 saturated heterocycles. The molecule has 0 spiro atoms. The Bertz CT molecular complexity index is 362. The number of carbonyl (C=O) groups excluding carboxylic acids is 1.